The van der Waals surface area contributed by atoms with Crippen LogP contribution in [0.25, 0.3) is 0 Å². The van der Waals surface area contributed by atoms with Crippen LogP contribution in [0.2, 0.25) is 0 Å². The third-order valence-corrected chi connectivity index (χ3v) is 9.76. The summed E-state index contributed by atoms with van der Waals surface area (Å²) >= 11 is 0. The number of hydrogen-bond acceptors (Lipinski definition) is 4. The van der Waals surface area contributed by atoms with Crippen LogP contribution in [-0.2, 0) is 0 Å². The van der Waals surface area contributed by atoms with Gasteiger partial charge >= 0.3 is 5.91 Å². The molecule has 0 atom stereocenters. The Bertz CT molecular complexity index is 791. The number of nitrogens with one attached hydrogen (secondary N) is 2. The van der Waals surface area contributed by atoms with Gasteiger partial charge in [-0.05, 0) is 113 Å². The highest BCUT2D eigenvalue weighted by Crippen LogP contribution is 2.56. The molecule has 6 nitrogen and oxygen atoms in total. The smallest absolute Gasteiger partial charge is 0.307 e. The zero-order valence-electron chi connectivity index (χ0n) is 18.2. The molecule has 1 aromatic heterocycles. The molecule has 0 aliphatic heterocycles. The van der Waals surface area contributed by atoms with Crippen LogP contribution in [0.5, 0.6) is 0 Å². The van der Waals surface area contributed by atoms with E-state index in [1.165, 1.54) is 44.7 Å². The molecule has 8 fully saturated rings. The highest BCUT2D eigenvalue weighted by Gasteiger charge is 2.53. The SMILES string of the molecule is O=C(NC12CC3CC(CC(C3)C1)C2)c1cnc(C(=O)NC23CC4CC(CC(C4)C2)C3)o1. The Labute approximate surface area is 183 Å². The molecule has 0 unspecified atom stereocenters. The Hall–Kier alpha value is -1.85. The number of oxazole rings is 1. The van der Waals surface area contributed by atoms with Crippen molar-refractivity contribution in [3.63, 3.8) is 0 Å². The fourth-order valence-electron chi connectivity index (χ4n) is 9.61. The van der Waals surface area contributed by atoms with Crippen LogP contribution in [0.1, 0.15) is 98.3 Å². The summed E-state index contributed by atoms with van der Waals surface area (Å²) in [7, 11) is 0. The van der Waals surface area contributed by atoms with Crippen molar-refractivity contribution in [1.29, 1.82) is 0 Å². The van der Waals surface area contributed by atoms with E-state index >= 15 is 0 Å². The molecule has 8 bridgehead atoms. The topological polar surface area (TPSA) is 84.2 Å². The predicted octanol–water partition coefficient (Wildman–Crippen LogP) is 4.07. The largest absolute Gasteiger partial charge is 0.427 e. The predicted molar refractivity (Wildman–Crippen MR) is 113 cm³/mol. The number of nitrogens with zero attached hydrogens (tertiary/aromatic N) is 1. The molecule has 0 saturated heterocycles. The maximum Gasteiger partial charge on any atom is 0.307 e. The average Bonchev–Trinajstić information content (AvgIpc) is 3.15. The van der Waals surface area contributed by atoms with E-state index in [-0.39, 0.29) is 34.5 Å². The minimum absolute atomic E-state index is 0.0337. The molecule has 9 rings (SSSR count). The second kappa shape index (κ2) is 6.35. The van der Waals surface area contributed by atoms with E-state index in [0.29, 0.717) is 0 Å². The summed E-state index contributed by atoms with van der Waals surface area (Å²) in [5, 5.41) is 6.61. The molecule has 0 aromatic carbocycles. The minimum atomic E-state index is -0.254. The van der Waals surface area contributed by atoms with Crippen LogP contribution in [0.3, 0.4) is 0 Å². The molecule has 8 aliphatic carbocycles. The number of carbonyl (C=O) groups excluding carboxylic acids is 2. The lowest BCUT2D eigenvalue weighted by Crippen LogP contribution is -2.60. The second-order valence-corrected chi connectivity index (χ2v) is 12.3. The Kier molecular flexibility index (Phi) is 3.83. The Morgan fingerprint density at radius 1 is 0.710 bits per heavy atom. The summed E-state index contributed by atoms with van der Waals surface area (Å²) in [5.41, 5.74) is -0.151. The Morgan fingerprint density at radius 2 is 1.10 bits per heavy atom. The average molecular weight is 424 g/mol. The molecule has 31 heavy (non-hydrogen) atoms. The first-order valence-electron chi connectivity index (χ1n) is 12.6. The van der Waals surface area contributed by atoms with E-state index in [4.69, 9.17) is 4.42 Å². The van der Waals surface area contributed by atoms with Gasteiger partial charge in [0.25, 0.3) is 11.8 Å². The van der Waals surface area contributed by atoms with E-state index in [2.05, 4.69) is 15.6 Å². The van der Waals surface area contributed by atoms with Crippen LogP contribution in [-0.4, -0.2) is 27.9 Å². The molecule has 0 spiro atoms. The van der Waals surface area contributed by atoms with Gasteiger partial charge in [-0.3, -0.25) is 9.59 Å². The lowest BCUT2D eigenvalue weighted by molar-refractivity contribution is -0.0173. The molecule has 2 N–H and O–H groups in total. The first-order chi connectivity index (χ1) is 14.9. The second-order valence-electron chi connectivity index (χ2n) is 12.3. The first kappa shape index (κ1) is 18.7. The van der Waals surface area contributed by atoms with Crippen molar-refractivity contribution >= 4 is 11.8 Å². The van der Waals surface area contributed by atoms with Gasteiger partial charge in [-0.25, -0.2) is 4.98 Å². The van der Waals surface area contributed by atoms with Crippen molar-refractivity contribution in [2.45, 2.75) is 88.1 Å². The fourth-order valence-corrected chi connectivity index (χ4v) is 9.61. The van der Waals surface area contributed by atoms with Gasteiger partial charge in [0.15, 0.2) is 0 Å². The lowest BCUT2D eigenvalue weighted by Gasteiger charge is -2.56. The molecule has 8 aliphatic rings. The van der Waals surface area contributed by atoms with Crippen molar-refractivity contribution < 1.29 is 14.0 Å². The van der Waals surface area contributed by atoms with Crippen LogP contribution in [0.4, 0.5) is 0 Å². The quantitative estimate of drug-likeness (QED) is 0.765. The molecule has 0 radical (unpaired) electrons. The number of hydrogen-bond donors (Lipinski definition) is 2. The monoisotopic (exact) mass is 423 g/mol. The minimum Gasteiger partial charge on any atom is -0.427 e. The van der Waals surface area contributed by atoms with Crippen LogP contribution >= 0.6 is 0 Å². The molecule has 6 heteroatoms. The maximum absolute atomic E-state index is 13.0. The van der Waals surface area contributed by atoms with Gasteiger partial charge in [-0.1, -0.05) is 0 Å². The number of rotatable bonds is 4. The maximum atomic E-state index is 13.0. The summed E-state index contributed by atoms with van der Waals surface area (Å²) in [5.74, 6) is 4.33. The van der Waals surface area contributed by atoms with Crippen molar-refractivity contribution in [2.75, 3.05) is 0 Å². The Balaban J connectivity index is 1.04. The van der Waals surface area contributed by atoms with Crippen molar-refractivity contribution in [1.82, 2.24) is 15.6 Å². The third kappa shape index (κ3) is 3.07. The molecular weight excluding hydrogens is 390 g/mol. The fraction of sp³-hybridized carbons (Fsp3) is 0.800. The van der Waals surface area contributed by atoms with E-state index in [0.717, 1.165) is 74.0 Å². The van der Waals surface area contributed by atoms with Crippen molar-refractivity contribution in [3.05, 3.63) is 17.8 Å². The summed E-state index contributed by atoms with van der Waals surface area (Å²) in [6.45, 7) is 0. The van der Waals surface area contributed by atoms with Gasteiger partial charge in [0, 0.05) is 11.1 Å². The van der Waals surface area contributed by atoms with E-state index in [1.54, 1.807) is 0 Å². The van der Waals surface area contributed by atoms with Crippen LogP contribution in [0, 0.1) is 35.5 Å². The summed E-state index contributed by atoms with van der Waals surface area (Å²) in [6.07, 6.45) is 16.0. The number of carbonyl (C=O) groups is 2. The van der Waals surface area contributed by atoms with Gasteiger partial charge in [-0.2, -0.15) is 0 Å². The third-order valence-electron chi connectivity index (χ3n) is 9.76. The molecule has 1 aromatic rings. The number of amides is 2. The summed E-state index contributed by atoms with van der Waals surface area (Å²) in [6, 6.07) is 0. The standard InChI is InChI=1S/C25H33N3O3/c29-21(27-24-7-14-1-15(8-24)3-16(2-14)9-24)20-13-26-23(31-20)22(30)28-25-10-17-4-18(11-25)6-19(5-17)12-25/h13-19H,1-12H2,(H,27,29)(H,28,30). The zero-order valence-corrected chi connectivity index (χ0v) is 18.2. The summed E-state index contributed by atoms with van der Waals surface area (Å²) < 4.78 is 5.70. The normalized spacial score (nSPS) is 46.3. The first-order valence-corrected chi connectivity index (χ1v) is 12.6. The highest BCUT2D eigenvalue weighted by molar-refractivity contribution is 5.94. The Morgan fingerprint density at radius 3 is 1.52 bits per heavy atom. The molecule has 2 amide bonds. The van der Waals surface area contributed by atoms with Gasteiger partial charge in [0.1, 0.15) is 0 Å². The van der Waals surface area contributed by atoms with Crippen LogP contribution in [0.15, 0.2) is 10.6 Å². The van der Waals surface area contributed by atoms with Crippen molar-refractivity contribution in [3.8, 4) is 0 Å². The van der Waals surface area contributed by atoms with Gasteiger partial charge in [0.2, 0.25) is 5.76 Å². The molecular formula is C25H33N3O3. The zero-order chi connectivity index (χ0) is 20.8. The summed E-state index contributed by atoms with van der Waals surface area (Å²) in [4.78, 5) is 30.2. The van der Waals surface area contributed by atoms with Crippen molar-refractivity contribution in [2.24, 2.45) is 35.5 Å². The van der Waals surface area contributed by atoms with Gasteiger partial charge < -0.3 is 15.1 Å². The highest BCUT2D eigenvalue weighted by atomic mass is 16.4. The molecule has 1 heterocycles. The van der Waals surface area contributed by atoms with Gasteiger partial charge in [0.05, 0.1) is 6.20 Å². The van der Waals surface area contributed by atoms with E-state index < -0.39 is 0 Å². The molecule has 8 saturated carbocycles. The van der Waals surface area contributed by atoms with Gasteiger partial charge in [-0.15, -0.1) is 0 Å². The lowest BCUT2D eigenvalue weighted by atomic mass is 9.53. The van der Waals surface area contributed by atoms with E-state index in [9.17, 15) is 9.59 Å². The van der Waals surface area contributed by atoms with Crippen LogP contribution < -0.4 is 10.6 Å². The molecule has 166 valence electrons. The van der Waals surface area contributed by atoms with E-state index in [1.807, 2.05) is 0 Å². The number of aromatic nitrogens is 1.